The van der Waals surface area contributed by atoms with E-state index < -0.39 is 71.2 Å². The lowest BCUT2D eigenvalue weighted by Crippen LogP contribution is -2.54. The van der Waals surface area contributed by atoms with Gasteiger partial charge in [0.1, 0.15) is 40.7 Å². The lowest BCUT2D eigenvalue weighted by molar-refractivity contribution is -0.502. The first-order valence-electron chi connectivity index (χ1n) is 21.9. The second-order valence-corrected chi connectivity index (χ2v) is 19.2. The lowest BCUT2D eigenvalue weighted by Gasteiger charge is -2.39. The highest BCUT2D eigenvalue weighted by molar-refractivity contribution is 5.89. The van der Waals surface area contributed by atoms with Crippen LogP contribution in [0, 0.1) is 11.8 Å². The van der Waals surface area contributed by atoms with E-state index in [9.17, 15) is 4.79 Å². The maximum absolute atomic E-state index is 15.2. The van der Waals surface area contributed by atoms with Gasteiger partial charge in [-0.15, -0.1) is 0 Å². The second kappa shape index (κ2) is 18.1. The third kappa shape index (κ3) is 9.19. The molecule has 2 aliphatic rings. The fourth-order valence-corrected chi connectivity index (χ4v) is 8.72. The van der Waals surface area contributed by atoms with E-state index in [2.05, 4.69) is 15.0 Å². The number of aromatic nitrogens is 3. The number of nitrogen functional groups attached to an aromatic ring is 1. The third-order valence-corrected chi connectivity index (χ3v) is 11.2. The molecule has 5 aromatic rings. The summed E-state index contributed by atoms with van der Waals surface area (Å²) < 4.78 is 34.9. The molecule has 5 unspecified atom stereocenters. The maximum Gasteiger partial charge on any atom is 0.600 e. The Labute approximate surface area is 375 Å². The van der Waals surface area contributed by atoms with Crippen LogP contribution in [0.5, 0.6) is 0 Å². The molecule has 14 heteroatoms. The Morgan fingerprint density at radius 2 is 1.34 bits per heavy atom. The molecule has 0 saturated carbocycles. The number of nitrogens with one attached hydrogen (secondary N) is 1. The van der Waals surface area contributed by atoms with Gasteiger partial charge < -0.3 is 34.4 Å². The molecule has 2 aromatic heterocycles. The molecule has 7 rings (SSSR count). The number of nitrogens with two attached hydrogens (primary N) is 1. The molecule has 2 amide bonds. The molecule has 338 valence electrons. The van der Waals surface area contributed by atoms with Crippen LogP contribution in [0.4, 0.5) is 15.4 Å². The van der Waals surface area contributed by atoms with Gasteiger partial charge in [-0.05, 0) is 64.2 Å². The van der Waals surface area contributed by atoms with Gasteiger partial charge in [-0.1, -0.05) is 123 Å². The minimum absolute atomic E-state index is 0.0503. The van der Waals surface area contributed by atoms with Crippen LogP contribution < -0.4 is 5.73 Å². The van der Waals surface area contributed by atoms with Crippen LogP contribution in [-0.4, -0.2) is 90.6 Å². The van der Waals surface area contributed by atoms with E-state index in [0.717, 1.165) is 16.7 Å². The number of anilines is 1. The Balaban J connectivity index is 1.51. The number of aromatic amines is 1. The number of carbonyl (C=O) groups is 3. The van der Waals surface area contributed by atoms with E-state index >= 15 is 9.59 Å². The molecule has 3 aromatic carbocycles. The molecule has 1 saturated heterocycles. The monoisotopic (exact) mass is 873 g/mol. The van der Waals surface area contributed by atoms with E-state index in [0.29, 0.717) is 16.6 Å². The molecule has 0 aliphatic carbocycles. The zero-order chi connectivity index (χ0) is 46.1. The highest BCUT2D eigenvalue weighted by atomic mass is 16.6. The molecule has 0 radical (unpaired) electrons. The first-order valence-corrected chi connectivity index (χ1v) is 21.9. The van der Waals surface area contributed by atoms with E-state index in [1.165, 1.54) is 10.9 Å². The summed E-state index contributed by atoms with van der Waals surface area (Å²) in [5.41, 5.74) is 7.12. The molecular formula is C50H61N6O8+. The van der Waals surface area contributed by atoms with Crippen molar-refractivity contribution in [1.82, 2.24) is 19.9 Å². The first kappa shape index (κ1) is 45.7. The van der Waals surface area contributed by atoms with Gasteiger partial charge in [-0.25, -0.2) is 19.6 Å². The normalized spacial score (nSPS) is 20.7. The number of fused-ring (bicyclic) bond motifs is 2. The van der Waals surface area contributed by atoms with Gasteiger partial charge in [0.2, 0.25) is 0 Å². The Kier molecular flexibility index (Phi) is 12.9. The van der Waals surface area contributed by atoms with Crippen LogP contribution in [0.2, 0.25) is 0 Å². The Morgan fingerprint density at radius 3 is 1.84 bits per heavy atom. The van der Waals surface area contributed by atoms with E-state index in [1.54, 1.807) is 52.6 Å². The van der Waals surface area contributed by atoms with E-state index in [-0.39, 0.29) is 30.7 Å². The van der Waals surface area contributed by atoms with Crippen molar-refractivity contribution in [3.05, 3.63) is 126 Å². The van der Waals surface area contributed by atoms with Crippen molar-refractivity contribution in [2.75, 3.05) is 12.3 Å². The summed E-state index contributed by atoms with van der Waals surface area (Å²) in [6, 6.07) is 26.4. The van der Waals surface area contributed by atoms with Crippen molar-refractivity contribution in [2.24, 2.45) is 11.8 Å². The van der Waals surface area contributed by atoms with Crippen LogP contribution in [0.15, 0.2) is 104 Å². The summed E-state index contributed by atoms with van der Waals surface area (Å²) in [6.07, 6.45) is -0.528. The van der Waals surface area contributed by atoms with Gasteiger partial charge in [0.15, 0.2) is 18.0 Å². The van der Waals surface area contributed by atoms with Gasteiger partial charge in [0.25, 0.3) is 6.04 Å². The summed E-state index contributed by atoms with van der Waals surface area (Å²) in [4.78, 5) is 58.2. The molecular weight excluding hydrogens is 813 g/mol. The van der Waals surface area contributed by atoms with E-state index in [4.69, 9.17) is 29.4 Å². The number of hydrogen-bond donors (Lipinski definition) is 2. The largest absolute Gasteiger partial charge is 0.600 e. The Hall–Kier alpha value is -6.28. The third-order valence-electron chi connectivity index (χ3n) is 11.2. The summed E-state index contributed by atoms with van der Waals surface area (Å²) >= 11 is 0. The first-order chi connectivity index (χ1) is 30.3. The highest BCUT2D eigenvalue weighted by Crippen LogP contribution is 2.47. The number of rotatable bonds is 10. The van der Waals surface area contributed by atoms with Crippen molar-refractivity contribution < 1.29 is 42.6 Å². The van der Waals surface area contributed by atoms with Crippen LogP contribution in [-0.2, 0) is 34.1 Å². The van der Waals surface area contributed by atoms with Crippen molar-refractivity contribution in [2.45, 2.75) is 123 Å². The van der Waals surface area contributed by atoms with Crippen molar-refractivity contribution in [3.63, 3.8) is 0 Å². The number of hydrogen-bond acceptors (Lipinski definition) is 11. The molecule has 64 heavy (non-hydrogen) atoms. The SMILES string of the molecule is CC(C)CC1=[N+](C(=O)OC(C)(C)C)C(C(C)C)C(=O)OC2C(O1)C(COC(c1ccccc1)(c1ccccc1)c1ccccc1)N(C(=O)OC(C)(C)C)C2c1c[nH]c2c(N)ncnc12. The van der Waals surface area contributed by atoms with Gasteiger partial charge >= 0.3 is 24.1 Å². The van der Waals surface area contributed by atoms with Crippen LogP contribution >= 0.6 is 0 Å². The van der Waals surface area contributed by atoms with Crippen LogP contribution in [0.1, 0.15) is 104 Å². The molecule has 0 spiro atoms. The second-order valence-electron chi connectivity index (χ2n) is 19.2. The smallest absolute Gasteiger partial charge is 0.451 e. The number of ether oxygens (including phenoxy) is 5. The summed E-state index contributed by atoms with van der Waals surface area (Å²) in [7, 11) is 0. The molecule has 14 nitrogen and oxygen atoms in total. The molecule has 1 fully saturated rings. The van der Waals surface area contributed by atoms with Gasteiger partial charge in [-0.3, -0.25) is 4.90 Å². The molecule has 3 N–H and O–H groups in total. The number of nitrogens with zero attached hydrogens (tertiary/aromatic N) is 4. The minimum Gasteiger partial charge on any atom is -0.451 e. The number of benzene rings is 3. The van der Waals surface area contributed by atoms with Crippen LogP contribution in [0.25, 0.3) is 11.0 Å². The van der Waals surface area contributed by atoms with Crippen molar-refractivity contribution in [3.8, 4) is 0 Å². The average molecular weight is 874 g/mol. The van der Waals surface area contributed by atoms with Gasteiger partial charge in [-0.2, -0.15) is 4.79 Å². The number of amides is 2. The maximum atomic E-state index is 15.2. The van der Waals surface area contributed by atoms with E-state index in [1.807, 2.05) is 119 Å². The predicted molar refractivity (Wildman–Crippen MR) is 242 cm³/mol. The fourth-order valence-electron chi connectivity index (χ4n) is 8.72. The Bertz CT molecular complexity index is 2380. The van der Waals surface area contributed by atoms with Crippen molar-refractivity contribution in [1.29, 1.82) is 0 Å². The number of carbonyl (C=O) groups excluding carboxylic acids is 3. The molecule has 5 atom stereocenters. The topological polar surface area (TPSA) is 171 Å². The minimum atomic E-state index is -1.23. The quantitative estimate of drug-likeness (QED) is 0.0594. The number of likely N-dealkylation sites (tertiary alicyclic amines) is 1. The Morgan fingerprint density at radius 1 is 0.797 bits per heavy atom. The highest BCUT2D eigenvalue weighted by Gasteiger charge is 2.61. The van der Waals surface area contributed by atoms with Gasteiger partial charge in [0.05, 0.1) is 18.5 Å². The summed E-state index contributed by atoms with van der Waals surface area (Å²) in [5, 5.41) is 0. The van der Waals surface area contributed by atoms with Crippen molar-refractivity contribution >= 4 is 40.9 Å². The standard InChI is InChI=1S/C50H61N6O8/c1-30(2)26-37-56(47(59)64-49(8,9)10)40(31(3)4)45(57)62-43-41(35-27-52-39-38(35)53-29-54-44(39)51)55(46(58)63-48(5,6)7)36(42(43)61-37)28-60-50(32-20-14-11-15-21-32,33-22-16-12-17-23-33)34-24-18-13-19-25-34/h11-25,27,29-31,36,40-43,52H,26,28H2,1-10H3,(H2,51,53,54)/q+1. The fraction of sp³-hybridized carbons (Fsp3) is 0.440. The summed E-state index contributed by atoms with van der Waals surface area (Å²) in [5.74, 6) is -0.801. The van der Waals surface area contributed by atoms with Crippen LogP contribution in [0.3, 0.4) is 0 Å². The molecule has 0 bridgehead atoms. The number of H-pyrrole nitrogens is 1. The zero-order valence-electron chi connectivity index (χ0n) is 38.4. The molecule has 2 aliphatic heterocycles. The lowest BCUT2D eigenvalue weighted by atomic mass is 9.80. The predicted octanol–water partition coefficient (Wildman–Crippen LogP) is 8.94. The zero-order valence-corrected chi connectivity index (χ0v) is 38.4. The summed E-state index contributed by atoms with van der Waals surface area (Å²) in [6.45, 7) is 18.1. The number of esters is 1. The molecule has 4 heterocycles. The van der Waals surface area contributed by atoms with Gasteiger partial charge in [0, 0.05) is 17.7 Å². The average Bonchev–Trinajstić information content (AvgIpc) is 3.78.